The average molecular weight is 320 g/mol. The quantitative estimate of drug-likeness (QED) is 0.656. The summed E-state index contributed by atoms with van der Waals surface area (Å²) in [5.41, 5.74) is 2.83. The van der Waals surface area contributed by atoms with Crippen molar-refractivity contribution in [2.45, 2.75) is 13.3 Å². The lowest BCUT2D eigenvalue weighted by Crippen LogP contribution is -2.09. The maximum Gasteiger partial charge on any atom is 0.280 e. The highest BCUT2D eigenvalue weighted by molar-refractivity contribution is 9.10. The van der Waals surface area contributed by atoms with Crippen molar-refractivity contribution in [3.05, 3.63) is 33.7 Å². The Labute approximate surface area is 109 Å². The van der Waals surface area contributed by atoms with Gasteiger partial charge in [-0.3, -0.25) is 5.84 Å². The molecule has 0 unspecified atom stereocenters. The molecule has 0 aliphatic rings. The van der Waals surface area contributed by atoms with Gasteiger partial charge in [-0.2, -0.15) is 0 Å². The number of hydrogen-bond donors (Lipinski definition) is 2. The van der Waals surface area contributed by atoms with Crippen LogP contribution < -0.4 is 11.3 Å². The van der Waals surface area contributed by atoms with E-state index in [4.69, 9.17) is 5.84 Å². The van der Waals surface area contributed by atoms with Crippen LogP contribution in [-0.2, 0) is 0 Å². The van der Waals surface area contributed by atoms with Crippen molar-refractivity contribution in [1.82, 2.24) is 4.98 Å². The highest BCUT2D eigenvalue weighted by Gasteiger charge is 2.18. The van der Waals surface area contributed by atoms with E-state index < -0.39 is 17.9 Å². The number of pyridine rings is 1. The number of nitrogens with two attached hydrogens (primary N) is 1. The van der Waals surface area contributed by atoms with Crippen LogP contribution in [0.25, 0.3) is 10.9 Å². The predicted octanol–water partition coefficient (Wildman–Crippen LogP) is 3.67. The van der Waals surface area contributed by atoms with Crippen molar-refractivity contribution in [2.24, 2.45) is 5.84 Å². The summed E-state index contributed by atoms with van der Waals surface area (Å²) in [6.45, 7) is 1.60. The van der Waals surface area contributed by atoms with Gasteiger partial charge < -0.3 is 5.43 Å². The van der Waals surface area contributed by atoms with E-state index in [2.05, 4.69) is 26.3 Å². The standard InChI is InChI=1S/C11H9BrF3N3/c1-4-2-5(13)9(12)8-6(18-16)3-7(11(14)15)17-10(4)8/h2-3,11H,16H2,1H3,(H,17,18). The number of hydrogen-bond acceptors (Lipinski definition) is 3. The van der Waals surface area contributed by atoms with E-state index in [-0.39, 0.29) is 15.7 Å². The van der Waals surface area contributed by atoms with E-state index in [1.165, 1.54) is 6.07 Å². The molecule has 0 amide bonds. The Kier molecular flexibility index (Phi) is 3.45. The van der Waals surface area contributed by atoms with Crippen molar-refractivity contribution in [2.75, 3.05) is 5.43 Å². The third-order valence-electron chi connectivity index (χ3n) is 2.56. The normalized spacial score (nSPS) is 11.3. The Hall–Kier alpha value is -1.34. The molecule has 0 aliphatic heterocycles. The van der Waals surface area contributed by atoms with E-state index in [1.807, 2.05) is 0 Å². The summed E-state index contributed by atoms with van der Waals surface area (Å²) < 4.78 is 39.1. The number of alkyl halides is 2. The van der Waals surface area contributed by atoms with Gasteiger partial charge in [0.1, 0.15) is 11.5 Å². The topological polar surface area (TPSA) is 50.9 Å². The molecule has 0 atom stereocenters. The van der Waals surface area contributed by atoms with Gasteiger partial charge in [0.15, 0.2) is 0 Å². The number of fused-ring (bicyclic) bond motifs is 1. The van der Waals surface area contributed by atoms with Gasteiger partial charge in [-0.25, -0.2) is 18.2 Å². The largest absolute Gasteiger partial charge is 0.323 e. The van der Waals surface area contributed by atoms with Crippen LogP contribution in [0.15, 0.2) is 16.6 Å². The number of rotatable bonds is 2. The third-order valence-corrected chi connectivity index (χ3v) is 3.34. The summed E-state index contributed by atoms with van der Waals surface area (Å²) in [6.07, 6.45) is -2.72. The number of aryl methyl sites for hydroxylation is 1. The summed E-state index contributed by atoms with van der Waals surface area (Å²) in [5.74, 6) is 4.79. The second-order valence-corrected chi connectivity index (χ2v) is 4.55. The summed E-state index contributed by atoms with van der Waals surface area (Å²) in [7, 11) is 0. The molecule has 0 radical (unpaired) electrons. The molecule has 1 aromatic carbocycles. The highest BCUT2D eigenvalue weighted by Crippen LogP contribution is 2.35. The second-order valence-electron chi connectivity index (χ2n) is 3.75. The minimum atomic E-state index is -2.72. The van der Waals surface area contributed by atoms with Crippen molar-refractivity contribution >= 4 is 32.5 Å². The first-order chi connectivity index (χ1) is 8.45. The highest BCUT2D eigenvalue weighted by atomic mass is 79.9. The maximum absolute atomic E-state index is 13.6. The van der Waals surface area contributed by atoms with Gasteiger partial charge in [-0.05, 0) is 40.5 Å². The third kappa shape index (κ3) is 2.04. The fourth-order valence-corrected chi connectivity index (χ4v) is 2.26. The first-order valence-electron chi connectivity index (χ1n) is 4.99. The van der Waals surface area contributed by atoms with Crippen LogP contribution in [0.1, 0.15) is 17.7 Å². The lowest BCUT2D eigenvalue weighted by molar-refractivity contribution is 0.146. The van der Waals surface area contributed by atoms with Crippen LogP contribution in [0.2, 0.25) is 0 Å². The summed E-state index contributed by atoms with van der Waals surface area (Å²) >= 11 is 3.07. The second kappa shape index (κ2) is 4.74. The molecule has 2 aromatic rings. The first kappa shape index (κ1) is 13.1. The van der Waals surface area contributed by atoms with E-state index in [0.717, 1.165) is 6.07 Å². The Morgan fingerprint density at radius 3 is 2.61 bits per heavy atom. The van der Waals surface area contributed by atoms with E-state index >= 15 is 0 Å². The molecule has 7 heteroatoms. The van der Waals surface area contributed by atoms with Crippen molar-refractivity contribution in [3.63, 3.8) is 0 Å². The van der Waals surface area contributed by atoms with Crippen molar-refractivity contribution < 1.29 is 13.2 Å². The van der Waals surface area contributed by atoms with Crippen LogP contribution in [-0.4, -0.2) is 4.98 Å². The monoisotopic (exact) mass is 319 g/mol. The Morgan fingerprint density at radius 1 is 1.39 bits per heavy atom. The van der Waals surface area contributed by atoms with Crippen LogP contribution in [0.5, 0.6) is 0 Å². The minimum absolute atomic E-state index is 0.143. The molecule has 18 heavy (non-hydrogen) atoms. The Balaban J connectivity index is 2.91. The van der Waals surface area contributed by atoms with Gasteiger partial charge in [-0.1, -0.05) is 0 Å². The minimum Gasteiger partial charge on any atom is -0.323 e. The van der Waals surface area contributed by atoms with Gasteiger partial charge in [0.05, 0.1) is 15.7 Å². The number of benzene rings is 1. The zero-order valence-electron chi connectivity index (χ0n) is 9.27. The first-order valence-corrected chi connectivity index (χ1v) is 5.79. The zero-order chi connectivity index (χ0) is 13.4. The average Bonchev–Trinajstić information content (AvgIpc) is 2.34. The summed E-state index contributed by atoms with van der Waals surface area (Å²) in [5, 5.41) is 0.347. The molecule has 2 rings (SSSR count). The Morgan fingerprint density at radius 2 is 2.06 bits per heavy atom. The molecule has 96 valence electrons. The van der Waals surface area contributed by atoms with Crippen LogP contribution in [0.4, 0.5) is 18.9 Å². The van der Waals surface area contributed by atoms with E-state index in [1.54, 1.807) is 6.92 Å². The van der Waals surface area contributed by atoms with Crippen molar-refractivity contribution in [1.29, 1.82) is 0 Å². The molecule has 0 saturated heterocycles. The fourth-order valence-electron chi connectivity index (χ4n) is 1.74. The molecule has 3 N–H and O–H groups in total. The molecule has 3 nitrogen and oxygen atoms in total. The number of nitrogen functional groups attached to an aromatic ring is 1. The molecule has 0 bridgehead atoms. The molecule has 0 saturated carbocycles. The number of hydrazine groups is 1. The number of aromatic nitrogens is 1. The van der Waals surface area contributed by atoms with Crippen LogP contribution >= 0.6 is 15.9 Å². The molecule has 1 aromatic heterocycles. The van der Waals surface area contributed by atoms with E-state index in [9.17, 15) is 13.2 Å². The molecular weight excluding hydrogens is 311 g/mol. The number of nitrogens with zero attached hydrogens (tertiary/aromatic N) is 1. The van der Waals surface area contributed by atoms with E-state index in [0.29, 0.717) is 10.9 Å². The van der Waals surface area contributed by atoms with Crippen molar-refractivity contribution in [3.8, 4) is 0 Å². The summed E-state index contributed by atoms with van der Waals surface area (Å²) in [6, 6.07) is 2.34. The molecule has 0 spiro atoms. The maximum atomic E-state index is 13.6. The van der Waals surface area contributed by atoms with Gasteiger partial charge in [0, 0.05) is 5.39 Å². The molecular formula is C11H9BrF3N3. The number of anilines is 1. The predicted molar refractivity (Wildman–Crippen MR) is 66.9 cm³/mol. The molecule has 0 fully saturated rings. The fraction of sp³-hybridized carbons (Fsp3) is 0.182. The summed E-state index contributed by atoms with van der Waals surface area (Å²) in [4.78, 5) is 3.84. The molecule has 1 heterocycles. The zero-order valence-corrected chi connectivity index (χ0v) is 10.9. The smallest absolute Gasteiger partial charge is 0.280 e. The van der Waals surface area contributed by atoms with Gasteiger partial charge >= 0.3 is 0 Å². The number of halogens is 4. The lowest BCUT2D eigenvalue weighted by Gasteiger charge is -2.12. The van der Waals surface area contributed by atoms with Crippen LogP contribution in [0.3, 0.4) is 0 Å². The SMILES string of the molecule is Cc1cc(F)c(Br)c2c(NN)cc(C(F)F)nc12. The van der Waals surface area contributed by atoms with Crippen LogP contribution in [0, 0.1) is 12.7 Å². The number of nitrogens with one attached hydrogen (secondary N) is 1. The Bertz CT molecular complexity index is 616. The van der Waals surface area contributed by atoms with Gasteiger partial charge in [-0.15, -0.1) is 0 Å². The lowest BCUT2D eigenvalue weighted by atomic mass is 10.1. The van der Waals surface area contributed by atoms with Gasteiger partial charge in [0.2, 0.25) is 0 Å². The molecule has 0 aliphatic carbocycles. The van der Waals surface area contributed by atoms with Gasteiger partial charge in [0.25, 0.3) is 6.43 Å².